The van der Waals surface area contributed by atoms with E-state index in [1.165, 1.54) is 0 Å². The first-order chi connectivity index (χ1) is 13.5. The van der Waals surface area contributed by atoms with Crippen LogP contribution in [0.3, 0.4) is 0 Å². The smallest absolute Gasteiger partial charge is 0.322 e. The number of carbonyl (C=O) groups excluding carboxylic acids is 2. The van der Waals surface area contributed by atoms with E-state index in [2.05, 4.69) is 16.4 Å². The van der Waals surface area contributed by atoms with E-state index in [1.54, 1.807) is 18.1 Å². The van der Waals surface area contributed by atoms with Crippen LogP contribution in [-0.4, -0.2) is 46.9 Å². The summed E-state index contributed by atoms with van der Waals surface area (Å²) in [7, 11) is 1.72. The lowest BCUT2D eigenvalue weighted by Crippen LogP contribution is -2.45. The molecule has 6 nitrogen and oxygen atoms in total. The summed E-state index contributed by atoms with van der Waals surface area (Å²) in [4.78, 5) is 33.5. The Labute approximate surface area is 164 Å². The zero-order chi connectivity index (χ0) is 19.8. The van der Waals surface area contributed by atoms with Crippen molar-refractivity contribution >= 4 is 11.9 Å². The maximum atomic E-state index is 13.2. The van der Waals surface area contributed by atoms with Gasteiger partial charge in [0.2, 0.25) is 0 Å². The predicted molar refractivity (Wildman–Crippen MR) is 106 cm³/mol. The lowest BCUT2D eigenvalue weighted by molar-refractivity contribution is -0.125. The van der Waals surface area contributed by atoms with Crippen LogP contribution >= 0.6 is 0 Å². The molecule has 0 spiro atoms. The van der Waals surface area contributed by atoms with Crippen LogP contribution in [0, 0.1) is 13.8 Å². The van der Waals surface area contributed by atoms with Crippen molar-refractivity contribution in [3.63, 3.8) is 0 Å². The van der Waals surface area contributed by atoms with Crippen molar-refractivity contribution in [2.24, 2.45) is 0 Å². The highest BCUT2D eigenvalue weighted by atomic mass is 16.2. The van der Waals surface area contributed by atoms with Crippen LogP contribution in [0.15, 0.2) is 53.9 Å². The van der Waals surface area contributed by atoms with Crippen molar-refractivity contribution in [3.05, 3.63) is 76.2 Å². The number of likely N-dealkylation sites (N-methyl/N-ethyl adjacent to an activating group) is 1. The van der Waals surface area contributed by atoms with Gasteiger partial charge in [0.15, 0.2) is 0 Å². The molecule has 2 aliphatic heterocycles. The number of urea groups is 1. The van der Waals surface area contributed by atoms with Crippen LogP contribution in [0.1, 0.15) is 28.4 Å². The summed E-state index contributed by atoms with van der Waals surface area (Å²) in [6, 6.07) is 11.3. The van der Waals surface area contributed by atoms with Gasteiger partial charge in [0, 0.05) is 31.9 Å². The Morgan fingerprint density at radius 1 is 1.18 bits per heavy atom. The fourth-order valence-corrected chi connectivity index (χ4v) is 3.98. The lowest BCUT2D eigenvalue weighted by atomic mass is 9.91. The van der Waals surface area contributed by atoms with Crippen molar-refractivity contribution in [2.45, 2.75) is 26.3 Å². The van der Waals surface area contributed by atoms with Crippen molar-refractivity contribution < 1.29 is 9.59 Å². The maximum Gasteiger partial charge on any atom is 0.322 e. The van der Waals surface area contributed by atoms with Gasteiger partial charge in [-0.05, 0) is 37.1 Å². The van der Waals surface area contributed by atoms with Gasteiger partial charge in [0.1, 0.15) is 0 Å². The number of nitrogens with zero attached hydrogens (tertiary/aromatic N) is 3. The van der Waals surface area contributed by atoms with E-state index >= 15 is 0 Å². The van der Waals surface area contributed by atoms with E-state index in [1.807, 2.05) is 49.1 Å². The van der Waals surface area contributed by atoms with Gasteiger partial charge in [-0.1, -0.05) is 29.8 Å². The number of aromatic nitrogens is 1. The summed E-state index contributed by atoms with van der Waals surface area (Å²) in [6.45, 7) is 5.08. The van der Waals surface area contributed by atoms with E-state index < -0.39 is 6.04 Å². The molecule has 0 bridgehead atoms. The van der Waals surface area contributed by atoms with Crippen LogP contribution < -0.4 is 5.32 Å². The molecule has 0 fully saturated rings. The molecule has 2 aliphatic rings. The van der Waals surface area contributed by atoms with Crippen LogP contribution in [-0.2, 0) is 11.2 Å². The number of rotatable bonds is 4. The van der Waals surface area contributed by atoms with Gasteiger partial charge in [0.05, 0.1) is 23.9 Å². The Kier molecular flexibility index (Phi) is 4.63. The van der Waals surface area contributed by atoms with Crippen LogP contribution in [0.5, 0.6) is 0 Å². The second kappa shape index (κ2) is 7.11. The van der Waals surface area contributed by atoms with Gasteiger partial charge in [0.25, 0.3) is 5.91 Å². The Bertz CT molecular complexity index is 968. The van der Waals surface area contributed by atoms with Gasteiger partial charge in [-0.2, -0.15) is 0 Å². The Morgan fingerprint density at radius 2 is 2.00 bits per heavy atom. The summed E-state index contributed by atoms with van der Waals surface area (Å²) < 4.78 is 0. The normalized spacial score (nSPS) is 19.2. The highest BCUT2D eigenvalue weighted by molar-refractivity contribution is 6.01. The van der Waals surface area contributed by atoms with E-state index in [0.29, 0.717) is 25.1 Å². The first-order valence-corrected chi connectivity index (χ1v) is 9.49. The third-order valence-electron chi connectivity index (χ3n) is 5.54. The minimum absolute atomic E-state index is 0.0113. The molecule has 1 N–H and O–H groups in total. The third kappa shape index (κ3) is 3.15. The Balaban J connectivity index is 1.62. The van der Waals surface area contributed by atoms with Gasteiger partial charge in [-0.15, -0.1) is 0 Å². The molecule has 28 heavy (non-hydrogen) atoms. The van der Waals surface area contributed by atoms with Gasteiger partial charge < -0.3 is 10.2 Å². The highest BCUT2D eigenvalue weighted by Crippen LogP contribution is 2.36. The molecule has 1 aromatic heterocycles. The summed E-state index contributed by atoms with van der Waals surface area (Å²) in [6.07, 6.45) is 2.45. The molecule has 6 heteroatoms. The van der Waals surface area contributed by atoms with E-state index in [4.69, 9.17) is 0 Å². The Hall–Kier alpha value is -3.15. The molecule has 1 aromatic carbocycles. The van der Waals surface area contributed by atoms with Gasteiger partial charge in [-0.3, -0.25) is 14.7 Å². The van der Waals surface area contributed by atoms with Crippen LogP contribution in [0.4, 0.5) is 4.79 Å². The summed E-state index contributed by atoms with van der Waals surface area (Å²) in [5.41, 5.74) is 5.62. The first-order valence-electron chi connectivity index (χ1n) is 9.49. The second-order valence-electron chi connectivity index (χ2n) is 7.46. The number of carbonyl (C=O) groups is 2. The number of amides is 3. The zero-order valence-electron chi connectivity index (χ0n) is 16.4. The molecule has 2 aromatic rings. The number of hydrogen-bond donors (Lipinski definition) is 1. The zero-order valence-corrected chi connectivity index (χ0v) is 16.4. The third-order valence-corrected chi connectivity index (χ3v) is 5.54. The molecule has 3 heterocycles. The molecule has 144 valence electrons. The molecular formula is C22H24N4O2. The quantitative estimate of drug-likeness (QED) is 0.892. The highest BCUT2D eigenvalue weighted by Gasteiger charge is 2.43. The molecule has 0 saturated carbocycles. The van der Waals surface area contributed by atoms with E-state index in [-0.39, 0.29) is 11.9 Å². The molecule has 4 rings (SSSR count). The molecule has 0 radical (unpaired) electrons. The second-order valence-corrected chi connectivity index (χ2v) is 7.46. The summed E-state index contributed by atoms with van der Waals surface area (Å²) in [5.74, 6) is -0.0113. The molecule has 0 aliphatic carbocycles. The summed E-state index contributed by atoms with van der Waals surface area (Å²) in [5, 5.41) is 3.01. The topological polar surface area (TPSA) is 65.5 Å². The number of nitrogens with one attached hydrogen (secondary N) is 1. The largest absolute Gasteiger partial charge is 0.333 e. The summed E-state index contributed by atoms with van der Waals surface area (Å²) >= 11 is 0. The standard InChI is InChI=1S/C22H24N4O2/c1-14-7-8-17(15(2)12-14)20-19-18(25(3)22(28)24-20)13-26(21(19)27)11-9-16-6-4-5-10-23-16/h4-8,10,12,20H,9,11,13H2,1-3H3,(H,24,28)/t20-/m0/s1. The van der Waals surface area contributed by atoms with Crippen molar-refractivity contribution in [1.29, 1.82) is 0 Å². The van der Waals surface area contributed by atoms with Crippen molar-refractivity contribution in [1.82, 2.24) is 20.1 Å². The van der Waals surface area contributed by atoms with Gasteiger partial charge >= 0.3 is 6.03 Å². The molecule has 0 unspecified atom stereocenters. The van der Waals surface area contributed by atoms with E-state index in [0.717, 1.165) is 28.1 Å². The van der Waals surface area contributed by atoms with Crippen molar-refractivity contribution in [2.75, 3.05) is 20.1 Å². The lowest BCUT2D eigenvalue weighted by Gasteiger charge is -2.31. The first kappa shape index (κ1) is 18.2. The average Bonchev–Trinajstić information content (AvgIpc) is 3.01. The molecule has 0 saturated heterocycles. The predicted octanol–water partition coefficient (Wildman–Crippen LogP) is 2.73. The number of pyridine rings is 1. The fourth-order valence-electron chi connectivity index (χ4n) is 3.98. The monoisotopic (exact) mass is 376 g/mol. The maximum absolute atomic E-state index is 13.2. The van der Waals surface area contributed by atoms with Crippen molar-refractivity contribution in [3.8, 4) is 0 Å². The average molecular weight is 376 g/mol. The van der Waals surface area contributed by atoms with Gasteiger partial charge in [-0.25, -0.2) is 4.79 Å². The number of aryl methyl sites for hydroxylation is 2. The number of benzene rings is 1. The SMILES string of the molecule is Cc1ccc([C@@H]2NC(=O)N(C)C3=C2C(=O)N(CCc2ccccn2)C3)c(C)c1. The Morgan fingerprint density at radius 3 is 2.71 bits per heavy atom. The minimum Gasteiger partial charge on any atom is -0.333 e. The molecule has 3 amide bonds. The van der Waals surface area contributed by atoms with Crippen LogP contribution in [0.25, 0.3) is 0 Å². The number of hydrogen-bond acceptors (Lipinski definition) is 3. The van der Waals surface area contributed by atoms with Crippen LogP contribution in [0.2, 0.25) is 0 Å². The molecular weight excluding hydrogens is 352 g/mol. The molecule has 1 atom stereocenters. The fraction of sp³-hybridized carbons (Fsp3) is 0.318. The minimum atomic E-state index is -0.411. The van der Waals surface area contributed by atoms with E-state index in [9.17, 15) is 9.59 Å².